The number of nitrogens with zero attached hydrogens (tertiary/aromatic N) is 3. The van der Waals surface area contributed by atoms with Crippen LogP contribution in [-0.4, -0.2) is 37.8 Å². The second-order valence-corrected chi connectivity index (χ2v) is 10.3. The van der Waals surface area contributed by atoms with Crippen LogP contribution < -0.4 is 4.90 Å². The van der Waals surface area contributed by atoms with Crippen LogP contribution in [0.3, 0.4) is 0 Å². The van der Waals surface area contributed by atoms with Gasteiger partial charge < -0.3 is 4.90 Å². The fraction of sp³-hybridized carbons (Fsp3) is 0.280. The lowest BCUT2D eigenvalue weighted by Gasteiger charge is -2.28. The van der Waals surface area contributed by atoms with Gasteiger partial charge in [0.25, 0.3) is 5.69 Å². The van der Waals surface area contributed by atoms with Gasteiger partial charge >= 0.3 is 0 Å². The topological polar surface area (TPSA) is 83.8 Å². The maximum absolute atomic E-state index is 13.2. The van der Waals surface area contributed by atoms with Gasteiger partial charge in [0.05, 0.1) is 9.82 Å². The molecule has 0 aromatic heterocycles. The van der Waals surface area contributed by atoms with Gasteiger partial charge in [-0.1, -0.05) is 42.5 Å². The van der Waals surface area contributed by atoms with Gasteiger partial charge in [0, 0.05) is 43.6 Å². The maximum atomic E-state index is 13.2. The third-order valence-electron chi connectivity index (χ3n) is 6.15. The molecule has 0 saturated carbocycles. The summed E-state index contributed by atoms with van der Waals surface area (Å²) in [5.74, 6) is 0. The lowest BCUT2D eigenvalue weighted by atomic mass is 10.0. The van der Waals surface area contributed by atoms with Crippen molar-refractivity contribution in [3.8, 4) is 0 Å². The first kappa shape index (κ1) is 22.9. The normalized spacial score (nSPS) is 13.4. The molecular formula is C25H27N3O4S. The Labute approximate surface area is 194 Å². The third kappa shape index (κ3) is 4.62. The fourth-order valence-corrected chi connectivity index (χ4v) is 5.78. The molecule has 3 aromatic rings. The molecule has 4 rings (SSSR count). The minimum Gasteiger partial charge on any atom is -0.341 e. The summed E-state index contributed by atoms with van der Waals surface area (Å²) in [5, 5.41) is 11.1. The number of fused-ring (bicyclic) bond motifs is 2. The Morgan fingerprint density at radius 2 is 1.55 bits per heavy atom. The Kier molecular flexibility index (Phi) is 6.49. The second-order valence-electron chi connectivity index (χ2n) is 8.30. The third-order valence-corrected chi connectivity index (χ3v) is 8.15. The first-order chi connectivity index (χ1) is 15.8. The number of non-ortho nitro benzene ring substituents is 1. The van der Waals surface area contributed by atoms with Crippen LogP contribution in [0.5, 0.6) is 0 Å². The number of hydrogen-bond acceptors (Lipinski definition) is 5. The zero-order valence-corrected chi connectivity index (χ0v) is 19.6. The predicted molar refractivity (Wildman–Crippen MR) is 130 cm³/mol. The number of aryl methyl sites for hydroxylation is 3. The second kappa shape index (κ2) is 9.33. The van der Waals surface area contributed by atoms with Crippen LogP contribution in [0.2, 0.25) is 0 Å². The summed E-state index contributed by atoms with van der Waals surface area (Å²) in [5.41, 5.74) is 5.13. The highest BCUT2D eigenvalue weighted by molar-refractivity contribution is 7.89. The Morgan fingerprint density at radius 1 is 0.970 bits per heavy atom. The Balaban J connectivity index is 1.54. The molecule has 0 aliphatic carbocycles. The van der Waals surface area contributed by atoms with Crippen molar-refractivity contribution in [1.29, 1.82) is 0 Å². The molecule has 1 heterocycles. The molecule has 0 bridgehead atoms. The van der Waals surface area contributed by atoms with Gasteiger partial charge in [0.15, 0.2) is 0 Å². The number of para-hydroxylation sites is 2. The lowest BCUT2D eigenvalue weighted by molar-refractivity contribution is -0.385. The SMILES string of the molecule is Cc1ccc([N+](=O)[O-])cc1S(=O)(=O)N(C)CCCN1c2ccccc2CCc2ccccc21. The molecule has 0 unspecified atom stereocenters. The minimum atomic E-state index is -3.85. The van der Waals surface area contributed by atoms with Crippen LogP contribution >= 0.6 is 0 Å². The van der Waals surface area contributed by atoms with Crippen molar-refractivity contribution in [2.24, 2.45) is 0 Å². The molecule has 1 aliphatic rings. The summed E-state index contributed by atoms with van der Waals surface area (Å²) in [6.45, 7) is 2.60. The van der Waals surface area contributed by atoms with Crippen molar-refractivity contribution in [3.05, 3.63) is 93.5 Å². The maximum Gasteiger partial charge on any atom is 0.270 e. The van der Waals surface area contributed by atoms with E-state index in [1.54, 1.807) is 6.92 Å². The average molecular weight is 466 g/mol. The van der Waals surface area contributed by atoms with Crippen molar-refractivity contribution < 1.29 is 13.3 Å². The molecule has 0 saturated heterocycles. The molecule has 33 heavy (non-hydrogen) atoms. The van der Waals surface area contributed by atoms with Gasteiger partial charge in [-0.3, -0.25) is 10.1 Å². The van der Waals surface area contributed by atoms with Crippen LogP contribution in [0.25, 0.3) is 0 Å². The molecule has 7 nitrogen and oxygen atoms in total. The van der Waals surface area contributed by atoms with Crippen molar-refractivity contribution in [1.82, 2.24) is 4.31 Å². The highest BCUT2D eigenvalue weighted by atomic mass is 32.2. The van der Waals surface area contributed by atoms with Gasteiger partial charge in [0.1, 0.15) is 0 Å². The number of anilines is 2. The smallest absolute Gasteiger partial charge is 0.270 e. The van der Waals surface area contributed by atoms with E-state index in [9.17, 15) is 18.5 Å². The highest BCUT2D eigenvalue weighted by Crippen LogP contribution is 2.36. The van der Waals surface area contributed by atoms with E-state index in [1.807, 2.05) is 12.1 Å². The van der Waals surface area contributed by atoms with Gasteiger partial charge in [-0.15, -0.1) is 0 Å². The van der Waals surface area contributed by atoms with Crippen molar-refractivity contribution in [2.75, 3.05) is 25.0 Å². The Morgan fingerprint density at radius 3 is 2.12 bits per heavy atom. The largest absolute Gasteiger partial charge is 0.341 e. The predicted octanol–water partition coefficient (Wildman–Crippen LogP) is 4.85. The van der Waals surface area contributed by atoms with E-state index in [1.165, 1.54) is 34.6 Å². The number of nitro groups is 1. The zero-order chi connectivity index (χ0) is 23.6. The van der Waals surface area contributed by atoms with Crippen LogP contribution in [0.15, 0.2) is 71.6 Å². The Bertz CT molecular complexity index is 1240. The number of rotatable bonds is 7. The summed E-state index contributed by atoms with van der Waals surface area (Å²) in [6, 6.07) is 20.6. The molecule has 0 N–H and O–H groups in total. The molecular weight excluding hydrogens is 438 g/mol. The number of hydrogen-bond donors (Lipinski definition) is 0. The summed E-state index contributed by atoms with van der Waals surface area (Å²) in [4.78, 5) is 12.8. The molecule has 3 aromatic carbocycles. The molecule has 0 fully saturated rings. The Hall–Kier alpha value is -3.23. The van der Waals surface area contributed by atoms with Crippen molar-refractivity contribution >= 4 is 27.1 Å². The van der Waals surface area contributed by atoms with Crippen molar-refractivity contribution in [3.63, 3.8) is 0 Å². The number of sulfonamides is 1. The highest BCUT2D eigenvalue weighted by Gasteiger charge is 2.26. The lowest BCUT2D eigenvalue weighted by Crippen LogP contribution is -2.31. The molecule has 8 heteroatoms. The van der Waals surface area contributed by atoms with E-state index < -0.39 is 14.9 Å². The molecule has 0 amide bonds. The van der Waals surface area contributed by atoms with E-state index in [4.69, 9.17) is 0 Å². The summed E-state index contributed by atoms with van der Waals surface area (Å²) in [6.07, 6.45) is 2.53. The van der Waals surface area contributed by atoms with Gasteiger partial charge in [-0.05, 0) is 55.0 Å². The zero-order valence-electron chi connectivity index (χ0n) is 18.8. The number of nitro benzene ring substituents is 1. The van der Waals surface area contributed by atoms with Gasteiger partial charge in [0.2, 0.25) is 10.0 Å². The molecule has 172 valence electrons. The molecule has 1 aliphatic heterocycles. The summed E-state index contributed by atoms with van der Waals surface area (Å²) in [7, 11) is -2.32. The van der Waals surface area contributed by atoms with E-state index >= 15 is 0 Å². The molecule has 0 radical (unpaired) electrons. The molecule has 0 atom stereocenters. The minimum absolute atomic E-state index is 0.0235. The monoisotopic (exact) mass is 465 g/mol. The van der Waals surface area contributed by atoms with Crippen molar-refractivity contribution in [2.45, 2.75) is 31.1 Å². The van der Waals surface area contributed by atoms with Crippen LogP contribution in [0, 0.1) is 17.0 Å². The van der Waals surface area contributed by atoms with E-state index in [2.05, 4.69) is 41.3 Å². The van der Waals surface area contributed by atoms with Crippen LogP contribution in [0.1, 0.15) is 23.1 Å². The van der Waals surface area contributed by atoms with Crippen LogP contribution in [-0.2, 0) is 22.9 Å². The molecule has 0 spiro atoms. The van der Waals surface area contributed by atoms with E-state index in [0.717, 1.165) is 30.3 Å². The van der Waals surface area contributed by atoms with Gasteiger partial charge in [-0.2, -0.15) is 0 Å². The first-order valence-electron chi connectivity index (χ1n) is 10.9. The first-order valence-corrected chi connectivity index (χ1v) is 12.4. The summed E-state index contributed by atoms with van der Waals surface area (Å²) < 4.78 is 27.6. The summed E-state index contributed by atoms with van der Waals surface area (Å²) >= 11 is 0. The number of benzene rings is 3. The van der Waals surface area contributed by atoms with E-state index in [0.29, 0.717) is 25.1 Å². The average Bonchev–Trinajstić information content (AvgIpc) is 2.96. The van der Waals surface area contributed by atoms with E-state index in [-0.39, 0.29) is 10.6 Å². The van der Waals surface area contributed by atoms with Gasteiger partial charge in [-0.25, -0.2) is 12.7 Å². The fourth-order valence-electron chi connectivity index (χ4n) is 4.33. The van der Waals surface area contributed by atoms with Crippen LogP contribution in [0.4, 0.5) is 17.1 Å². The standard InChI is InChI=1S/C25H27N3O4S/c1-19-12-15-22(28(29)30)18-25(19)33(31,32)26(2)16-7-17-27-23-10-5-3-8-20(23)13-14-21-9-4-6-11-24(21)27/h3-6,8-12,15,18H,7,13-14,16-17H2,1-2H3. The quantitative estimate of drug-likeness (QED) is 0.368.